The number of rotatable bonds is 2. The zero-order chi connectivity index (χ0) is 18.2. The van der Waals surface area contributed by atoms with Gasteiger partial charge in [0.15, 0.2) is 5.82 Å². The minimum absolute atomic E-state index is 0.167. The Labute approximate surface area is 145 Å². The van der Waals surface area contributed by atoms with Crippen LogP contribution >= 0.6 is 0 Å². The lowest BCUT2D eigenvalue weighted by Gasteiger charge is -2.13. The molecule has 1 fully saturated rings. The molecule has 3 N–H and O–H groups in total. The molecule has 128 valence electrons. The normalized spacial score (nSPS) is 19.6. The molecule has 2 aromatic rings. The lowest BCUT2D eigenvalue weighted by Crippen LogP contribution is -2.37. The van der Waals surface area contributed by atoms with E-state index in [9.17, 15) is 14.7 Å². The van der Waals surface area contributed by atoms with Crippen molar-refractivity contribution in [3.8, 4) is 23.1 Å². The number of hydrogen-bond acceptors (Lipinski definition) is 4. The van der Waals surface area contributed by atoms with Crippen LogP contribution in [0, 0.1) is 11.8 Å². The van der Waals surface area contributed by atoms with Gasteiger partial charge in [0.1, 0.15) is 0 Å². The molecule has 0 spiro atoms. The fraction of sp³-hybridized carbons (Fsp3) is 0.278. The van der Waals surface area contributed by atoms with E-state index in [4.69, 9.17) is 5.73 Å². The third-order valence-electron chi connectivity index (χ3n) is 4.18. The van der Waals surface area contributed by atoms with Gasteiger partial charge in [0, 0.05) is 44.4 Å². The number of hydrogen-bond donors (Lipinski definition) is 2. The number of nitrogens with zero attached hydrogens (tertiary/aromatic N) is 3. The fourth-order valence-electron chi connectivity index (χ4n) is 2.74. The van der Waals surface area contributed by atoms with Crippen molar-refractivity contribution in [2.45, 2.75) is 12.0 Å². The molecule has 7 nitrogen and oxygen atoms in total. The molecule has 0 radical (unpaired) electrons. The van der Waals surface area contributed by atoms with Crippen LogP contribution in [0.3, 0.4) is 0 Å². The minimum atomic E-state index is -1.63. The van der Waals surface area contributed by atoms with Crippen LogP contribution in [0.1, 0.15) is 22.6 Å². The van der Waals surface area contributed by atoms with E-state index in [2.05, 4.69) is 16.8 Å². The first-order chi connectivity index (χ1) is 11.8. The zero-order valence-corrected chi connectivity index (χ0v) is 14.0. The maximum absolute atomic E-state index is 12.0. The van der Waals surface area contributed by atoms with Crippen LogP contribution in [0.4, 0.5) is 0 Å². The van der Waals surface area contributed by atoms with Crippen LogP contribution in [-0.2, 0) is 11.8 Å². The van der Waals surface area contributed by atoms with Crippen molar-refractivity contribution in [2.24, 2.45) is 12.8 Å². The Morgan fingerprint density at radius 3 is 2.76 bits per heavy atom. The Hall–Kier alpha value is -3.11. The Bertz CT molecular complexity index is 922. The van der Waals surface area contributed by atoms with Crippen molar-refractivity contribution >= 4 is 11.8 Å². The highest BCUT2D eigenvalue weighted by Gasteiger charge is 2.42. The summed E-state index contributed by atoms with van der Waals surface area (Å²) in [6.45, 7) is 0.480. The summed E-state index contributed by atoms with van der Waals surface area (Å²) in [6.07, 6.45) is 1.99. The lowest BCUT2D eigenvalue weighted by molar-refractivity contribution is -0.137. The molecule has 1 unspecified atom stereocenters. The van der Waals surface area contributed by atoms with E-state index in [0.717, 1.165) is 5.56 Å². The number of likely N-dealkylation sites (tertiary alicyclic amines) is 1. The Kier molecular flexibility index (Phi) is 4.07. The molecule has 1 aliphatic rings. The second-order valence-electron chi connectivity index (χ2n) is 6.09. The Morgan fingerprint density at radius 1 is 1.40 bits per heavy atom. The molecule has 0 bridgehead atoms. The monoisotopic (exact) mass is 338 g/mol. The maximum atomic E-state index is 12.0. The highest BCUT2D eigenvalue weighted by Crippen LogP contribution is 2.22. The minimum Gasteiger partial charge on any atom is -0.369 e. The summed E-state index contributed by atoms with van der Waals surface area (Å²) in [4.78, 5) is 29.0. The van der Waals surface area contributed by atoms with E-state index in [0.29, 0.717) is 17.8 Å². The summed E-state index contributed by atoms with van der Waals surface area (Å²) in [5.74, 6) is 4.72. The molecular weight excluding hydrogens is 320 g/mol. The molecule has 1 aromatic heterocycles. The fourth-order valence-corrected chi connectivity index (χ4v) is 2.74. The SMILES string of the molecule is CN1CCC(O)(C#Cc2cccc(-c3cn(C)c(C(N)=O)n3)c2)C1=O. The molecule has 0 aliphatic carbocycles. The molecule has 0 saturated carbocycles. The smallest absolute Gasteiger partial charge is 0.284 e. The van der Waals surface area contributed by atoms with Gasteiger partial charge in [-0.25, -0.2) is 4.98 Å². The molecule has 2 heterocycles. The van der Waals surface area contributed by atoms with E-state index in [1.54, 1.807) is 43.1 Å². The molecule has 25 heavy (non-hydrogen) atoms. The topological polar surface area (TPSA) is 101 Å². The number of carbonyl (C=O) groups excluding carboxylic acids is 2. The third kappa shape index (κ3) is 3.12. The van der Waals surface area contributed by atoms with Crippen LogP contribution in [0.2, 0.25) is 0 Å². The highest BCUT2D eigenvalue weighted by molar-refractivity contribution is 5.91. The van der Waals surface area contributed by atoms with Crippen LogP contribution in [0.25, 0.3) is 11.3 Å². The summed E-state index contributed by atoms with van der Waals surface area (Å²) in [5.41, 5.74) is 5.65. The first-order valence-electron chi connectivity index (χ1n) is 7.75. The number of aromatic nitrogens is 2. The molecule has 3 rings (SSSR count). The number of amides is 2. The van der Waals surface area contributed by atoms with E-state index in [1.165, 1.54) is 4.90 Å². The first-order valence-corrected chi connectivity index (χ1v) is 7.75. The van der Waals surface area contributed by atoms with E-state index >= 15 is 0 Å². The van der Waals surface area contributed by atoms with Crippen LogP contribution in [-0.4, -0.2) is 50.6 Å². The average molecular weight is 338 g/mol. The van der Waals surface area contributed by atoms with Crippen molar-refractivity contribution in [3.05, 3.63) is 41.9 Å². The predicted octanol–water partition coefficient (Wildman–Crippen LogP) is 0.131. The van der Waals surface area contributed by atoms with Crippen LogP contribution in [0.5, 0.6) is 0 Å². The molecule has 1 aromatic carbocycles. The van der Waals surface area contributed by atoms with Crippen LogP contribution in [0.15, 0.2) is 30.5 Å². The van der Waals surface area contributed by atoms with Crippen molar-refractivity contribution in [3.63, 3.8) is 0 Å². The second kappa shape index (κ2) is 6.07. The average Bonchev–Trinajstić information content (AvgIpc) is 3.10. The summed E-state index contributed by atoms with van der Waals surface area (Å²) in [7, 11) is 3.33. The van der Waals surface area contributed by atoms with Gasteiger partial charge in [-0.3, -0.25) is 9.59 Å². The number of likely N-dealkylation sites (N-methyl/N-ethyl adjacent to an activating group) is 1. The number of nitrogens with two attached hydrogens (primary N) is 1. The standard InChI is InChI=1S/C18H18N4O3/c1-21-9-8-18(25,17(21)24)7-6-12-4-3-5-13(10-12)14-11-22(2)16(20-14)15(19)23/h3-5,10-11,25H,8-9H2,1-2H3,(H2,19,23). The Balaban J connectivity index is 1.91. The summed E-state index contributed by atoms with van der Waals surface area (Å²) >= 11 is 0. The van der Waals surface area contributed by atoms with Crippen molar-refractivity contribution in [1.29, 1.82) is 0 Å². The van der Waals surface area contributed by atoms with Gasteiger partial charge in [0.25, 0.3) is 11.8 Å². The van der Waals surface area contributed by atoms with Crippen molar-refractivity contribution in [1.82, 2.24) is 14.5 Å². The number of benzene rings is 1. The van der Waals surface area contributed by atoms with Gasteiger partial charge < -0.3 is 20.3 Å². The van der Waals surface area contributed by atoms with E-state index < -0.39 is 11.5 Å². The van der Waals surface area contributed by atoms with Gasteiger partial charge >= 0.3 is 0 Å². The molecular formula is C18H18N4O3. The second-order valence-corrected chi connectivity index (χ2v) is 6.09. The maximum Gasteiger partial charge on any atom is 0.284 e. The summed E-state index contributed by atoms with van der Waals surface area (Å²) < 4.78 is 1.56. The molecule has 1 atom stereocenters. The van der Waals surface area contributed by atoms with Gasteiger partial charge in [0.05, 0.1) is 5.69 Å². The first kappa shape index (κ1) is 16.7. The predicted molar refractivity (Wildman–Crippen MR) is 91.2 cm³/mol. The number of aryl methyl sites for hydroxylation is 1. The summed E-state index contributed by atoms with van der Waals surface area (Å²) in [6, 6.07) is 7.19. The largest absolute Gasteiger partial charge is 0.369 e. The van der Waals surface area contributed by atoms with Gasteiger partial charge in [-0.2, -0.15) is 0 Å². The van der Waals surface area contributed by atoms with Crippen molar-refractivity contribution < 1.29 is 14.7 Å². The summed E-state index contributed by atoms with van der Waals surface area (Å²) in [5, 5.41) is 10.3. The quantitative estimate of drug-likeness (QED) is 0.760. The van der Waals surface area contributed by atoms with Gasteiger partial charge in [-0.1, -0.05) is 24.0 Å². The van der Waals surface area contributed by atoms with E-state index in [-0.39, 0.29) is 18.2 Å². The zero-order valence-electron chi connectivity index (χ0n) is 14.0. The number of aliphatic hydroxyl groups is 1. The third-order valence-corrected chi connectivity index (χ3v) is 4.18. The molecule has 1 saturated heterocycles. The lowest BCUT2D eigenvalue weighted by atomic mass is 10.0. The number of carbonyl (C=O) groups is 2. The van der Waals surface area contributed by atoms with Gasteiger partial charge in [-0.05, 0) is 12.1 Å². The Morgan fingerprint density at radius 2 is 2.16 bits per heavy atom. The van der Waals surface area contributed by atoms with E-state index in [1.807, 2.05) is 6.07 Å². The molecule has 2 amide bonds. The molecule has 1 aliphatic heterocycles. The molecule has 7 heteroatoms. The number of imidazole rings is 1. The number of primary amides is 1. The van der Waals surface area contributed by atoms with Gasteiger partial charge in [0.2, 0.25) is 5.60 Å². The highest BCUT2D eigenvalue weighted by atomic mass is 16.3. The van der Waals surface area contributed by atoms with Gasteiger partial charge in [-0.15, -0.1) is 0 Å². The van der Waals surface area contributed by atoms with Crippen molar-refractivity contribution in [2.75, 3.05) is 13.6 Å². The van der Waals surface area contributed by atoms with Crippen LogP contribution < -0.4 is 5.73 Å².